The van der Waals surface area contributed by atoms with Gasteiger partial charge in [0, 0.05) is 24.7 Å². The minimum atomic E-state index is -0.0901. The van der Waals surface area contributed by atoms with Crippen LogP contribution < -0.4 is 10.1 Å². The molecule has 0 fully saturated rings. The van der Waals surface area contributed by atoms with Gasteiger partial charge in [0.25, 0.3) is 5.91 Å². The number of carbonyl (C=O) groups is 1. The van der Waals surface area contributed by atoms with Gasteiger partial charge in [-0.2, -0.15) is 0 Å². The molecule has 0 saturated heterocycles. The fraction of sp³-hybridized carbons (Fsp3) is 0.400. The van der Waals surface area contributed by atoms with Crippen LogP contribution >= 0.6 is 11.3 Å². The summed E-state index contributed by atoms with van der Waals surface area (Å²) in [5.41, 5.74) is 1.73. The number of methoxy groups -OCH3 is 1. The van der Waals surface area contributed by atoms with Gasteiger partial charge in [0.15, 0.2) is 0 Å². The van der Waals surface area contributed by atoms with E-state index in [1.165, 1.54) is 11.3 Å². The maximum Gasteiger partial charge on any atom is 0.263 e. The van der Waals surface area contributed by atoms with Crippen LogP contribution in [-0.2, 0) is 6.54 Å². The van der Waals surface area contributed by atoms with E-state index >= 15 is 0 Å². The van der Waals surface area contributed by atoms with Crippen LogP contribution in [0.1, 0.15) is 45.7 Å². The van der Waals surface area contributed by atoms with Gasteiger partial charge >= 0.3 is 0 Å². The molecule has 0 radical (unpaired) electrons. The van der Waals surface area contributed by atoms with E-state index in [-0.39, 0.29) is 5.91 Å². The Kier molecular flexibility index (Phi) is 4.90. The van der Waals surface area contributed by atoms with Crippen molar-refractivity contribution in [2.24, 2.45) is 0 Å². The molecule has 2 aromatic rings. The Morgan fingerprint density at radius 2 is 2.24 bits per heavy atom. The Bertz CT molecular complexity index is 638. The number of rotatable bonds is 5. The number of nitrogens with zero attached hydrogens (tertiary/aromatic N) is 2. The first-order valence-electron chi connectivity index (χ1n) is 6.75. The smallest absolute Gasteiger partial charge is 0.263 e. The van der Waals surface area contributed by atoms with Crippen LogP contribution in [0.3, 0.4) is 0 Å². The normalized spacial score (nSPS) is 10.7. The molecule has 2 rings (SSSR count). The van der Waals surface area contributed by atoms with Gasteiger partial charge in [-0.1, -0.05) is 13.8 Å². The lowest BCUT2D eigenvalue weighted by molar-refractivity contribution is 0.0954. The van der Waals surface area contributed by atoms with E-state index < -0.39 is 0 Å². The van der Waals surface area contributed by atoms with Gasteiger partial charge < -0.3 is 10.1 Å². The molecule has 5 nitrogen and oxygen atoms in total. The van der Waals surface area contributed by atoms with Gasteiger partial charge in [0.2, 0.25) is 5.88 Å². The molecular weight excluding hydrogens is 286 g/mol. The number of ether oxygens (including phenoxy) is 1. The predicted octanol–water partition coefficient (Wildman–Crippen LogP) is 2.91. The number of hydrogen-bond donors (Lipinski definition) is 1. The van der Waals surface area contributed by atoms with E-state index in [4.69, 9.17) is 4.74 Å². The molecule has 0 unspecified atom stereocenters. The number of hydrogen-bond acceptors (Lipinski definition) is 5. The maximum atomic E-state index is 12.2. The molecule has 6 heteroatoms. The summed E-state index contributed by atoms with van der Waals surface area (Å²) in [7, 11) is 1.57. The van der Waals surface area contributed by atoms with Crippen molar-refractivity contribution in [2.75, 3.05) is 7.11 Å². The highest BCUT2D eigenvalue weighted by Gasteiger charge is 2.16. The molecule has 0 aromatic carbocycles. The van der Waals surface area contributed by atoms with Crippen molar-refractivity contribution in [1.29, 1.82) is 0 Å². The Labute approximate surface area is 128 Å². The lowest BCUT2D eigenvalue weighted by atomic mass is 10.2. The highest BCUT2D eigenvalue weighted by Crippen LogP contribution is 2.24. The molecule has 0 aliphatic heterocycles. The molecule has 2 heterocycles. The second-order valence-electron chi connectivity index (χ2n) is 5.01. The average Bonchev–Trinajstić information content (AvgIpc) is 2.87. The van der Waals surface area contributed by atoms with Crippen molar-refractivity contribution in [3.63, 3.8) is 0 Å². The van der Waals surface area contributed by atoms with Gasteiger partial charge in [-0.25, -0.2) is 9.97 Å². The minimum Gasteiger partial charge on any atom is -0.481 e. The number of amides is 1. The summed E-state index contributed by atoms with van der Waals surface area (Å²) in [4.78, 5) is 21.4. The van der Waals surface area contributed by atoms with Gasteiger partial charge in [-0.15, -0.1) is 11.3 Å². The van der Waals surface area contributed by atoms with Crippen molar-refractivity contribution < 1.29 is 9.53 Å². The number of thiazole rings is 1. The van der Waals surface area contributed by atoms with E-state index in [9.17, 15) is 4.79 Å². The van der Waals surface area contributed by atoms with Crippen LogP contribution in [-0.4, -0.2) is 23.0 Å². The van der Waals surface area contributed by atoms with Crippen LogP contribution in [0, 0.1) is 6.92 Å². The summed E-state index contributed by atoms with van der Waals surface area (Å²) < 4.78 is 5.06. The molecule has 112 valence electrons. The first-order chi connectivity index (χ1) is 10.0. The molecule has 1 amide bonds. The molecule has 0 aliphatic carbocycles. The van der Waals surface area contributed by atoms with Crippen molar-refractivity contribution in [3.05, 3.63) is 39.5 Å². The number of carbonyl (C=O) groups excluding carboxylic acids is 1. The second kappa shape index (κ2) is 6.67. The first kappa shape index (κ1) is 15.4. The number of aryl methyl sites for hydroxylation is 1. The number of aromatic nitrogens is 2. The molecule has 0 aliphatic rings. The van der Waals surface area contributed by atoms with E-state index in [0.29, 0.717) is 23.2 Å². The van der Waals surface area contributed by atoms with E-state index in [1.54, 1.807) is 19.4 Å². The lowest BCUT2D eigenvalue weighted by Gasteiger charge is -2.05. The standard InChI is InChI=1S/C15H19N3O2S/c1-9(2)15-18-10(3)13(21-15)14(19)17-8-11-5-6-16-12(7-11)20-4/h5-7,9H,8H2,1-4H3,(H,17,19). The van der Waals surface area contributed by atoms with Crippen LogP contribution in [0.4, 0.5) is 0 Å². The summed E-state index contributed by atoms with van der Waals surface area (Å²) in [6, 6.07) is 3.65. The van der Waals surface area contributed by atoms with Gasteiger partial charge in [0.1, 0.15) is 4.88 Å². The summed E-state index contributed by atoms with van der Waals surface area (Å²) in [5.74, 6) is 0.783. The summed E-state index contributed by atoms with van der Waals surface area (Å²) in [6.07, 6.45) is 1.66. The molecule has 0 saturated carbocycles. The molecule has 0 spiro atoms. The van der Waals surface area contributed by atoms with E-state index in [0.717, 1.165) is 16.3 Å². The van der Waals surface area contributed by atoms with Crippen molar-refractivity contribution >= 4 is 17.2 Å². The van der Waals surface area contributed by atoms with Gasteiger partial charge in [-0.3, -0.25) is 4.79 Å². The van der Waals surface area contributed by atoms with E-state index in [1.807, 2.05) is 13.0 Å². The summed E-state index contributed by atoms with van der Waals surface area (Å²) >= 11 is 1.46. The number of nitrogens with one attached hydrogen (secondary N) is 1. The Hall–Kier alpha value is -1.95. The highest BCUT2D eigenvalue weighted by atomic mass is 32.1. The lowest BCUT2D eigenvalue weighted by Crippen LogP contribution is -2.22. The fourth-order valence-corrected chi connectivity index (χ4v) is 2.80. The van der Waals surface area contributed by atoms with Crippen LogP contribution in [0.5, 0.6) is 5.88 Å². The molecule has 21 heavy (non-hydrogen) atoms. The topological polar surface area (TPSA) is 64.1 Å². The first-order valence-corrected chi connectivity index (χ1v) is 7.57. The van der Waals surface area contributed by atoms with Crippen LogP contribution in [0.2, 0.25) is 0 Å². The molecule has 1 N–H and O–H groups in total. The number of pyridine rings is 1. The Morgan fingerprint density at radius 1 is 1.48 bits per heavy atom. The van der Waals surface area contributed by atoms with Crippen LogP contribution in [0.25, 0.3) is 0 Å². The SMILES string of the molecule is COc1cc(CNC(=O)c2sc(C(C)C)nc2C)ccn1. The predicted molar refractivity (Wildman–Crippen MR) is 82.9 cm³/mol. The maximum absolute atomic E-state index is 12.2. The van der Waals surface area contributed by atoms with Crippen LogP contribution in [0.15, 0.2) is 18.3 Å². The third kappa shape index (κ3) is 3.78. The van der Waals surface area contributed by atoms with E-state index in [2.05, 4.69) is 29.1 Å². The molecule has 2 aromatic heterocycles. The average molecular weight is 305 g/mol. The zero-order chi connectivity index (χ0) is 15.4. The largest absolute Gasteiger partial charge is 0.481 e. The molecule has 0 bridgehead atoms. The highest BCUT2D eigenvalue weighted by molar-refractivity contribution is 7.13. The molecule has 0 atom stereocenters. The monoisotopic (exact) mass is 305 g/mol. The summed E-state index contributed by atoms with van der Waals surface area (Å²) in [5, 5.41) is 3.90. The zero-order valence-corrected chi connectivity index (χ0v) is 13.5. The zero-order valence-electron chi connectivity index (χ0n) is 12.6. The minimum absolute atomic E-state index is 0.0901. The van der Waals surface area contributed by atoms with Crippen molar-refractivity contribution in [3.8, 4) is 5.88 Å². The fourth-order valence-electron chi connectivity index (χ4n) is 1.81. The summed E-state index contributed by atoms with van der Waals surface area (Å²) in [6.45, 7) is 6.45. The van der Waals surface area contributed by atoms with Gasteiger partial charge in [-0.05, 0) is 18.6 Å². The van der Waals surface area contributed by atoms with Crippen molar-refractivity contribution in [1.82, 2.24) is 15.3 Å². The molecular formula is C15H19N3O2S. The third-order valence-electron chi connectivity index (χ3n) is 2.97. The van der Waals surface area contributed by atoms with Gasteiger partial charge in [0.05, 0.1) is 17.8 Å². The second-order valence-corrected chi connectivity index (χ2v) is 6.04. The quantitative estimate of drug-likeness (QED) is 0.922. The third-order valence-corrected chi connectivity index (χ3v) is 4.43. The van der Waals surface area contributed by atoms with Crippen molar-refractivity contribution in [2.45, 2.75) is 33.2 Å². The Balaban J connectivity index is 2.04. The Morgan fingerprint density at radius 3 is 2.86 bits per heavy atom.